The van der Waals surface area contributed by atoms with Gasteiger partial charge >= 0.3 is 0 Å². The zero-order chi connectivity index (χ0) is 15.1. The van der Waals surface area contributed by atoms with Gasteiger partial charge in [0.1, 0.15) is 5.69 Å². The molecule has 0 N–H and O–H groups in total. The molecule has 0 bridgehead atoms. The third-order valence-corrected chi connectivity index (χ3v) is 2.81. The molecule has 0 aliphatic heterocycles. The number of aromatic nitrogens is 4. The molecule has 0 atom stereocenters. The van der Waals surface area contributed by atoms with Crippen molar-refractivity contribution < 1.29 is 14.2 Å². The van der Waals surface area contributed by atoms with Crippen LogP contribution in [0.5, 0.6) is 5.88 Å². The Balaban J connectivity index is 2.12. The lowest BCUT2D eigenvalue weighted by atomic mass is 10.2. The first kappa shape index (κ1) is 15.4. The molecule has 0 saturated heterocycles. The molecular formula is C14H20N4O3. The van der Waals surface area contributed by atoms with Gasteiger partial charge in [-0.05, 0) is 19.9 Å². The average molecular weight is 292 g/mol. The van der Waals surface area contributed by atoms with Gasteiger partial charge < -0.3 is 14.2 Å². The van der Waals surface area contributed by atoms with Gasteiger partial charge in [0.25, 0.3) is 0 Å². The van der Waals surface area contributed by atoms with Gasteiger partial charge in [-0.3, -0.25) is 0 Å². The molecule has 2 aromatic heterocycles. The van der Waals surface area contributed by atoms with Crippen molar-refractivity contribution in [2.45, 2.75) is 26.7 Å². The number of rotatable bonds is 8. The van der Waals surface area contributed by atoms with Crippen molar-refractivity contribution in [1.82, 2.24) is 20.0 Å². The Bertz CT molecular complexity index is 553. The summed E-state index contributed by atoms with van der Waals surface area (Å²) in [7, 11) is 1.60. The highest BCUT2D eigenvalue weighted by Gasteiger charge is 2.16. The summed E-state index contributed by atoms with van der Waals surface area (Å²) in [5, 5.41) is 8.20. The first-order chi connectivity index (χ1) is 10.3. The molecule has 0 radical (unpaired) electrons. The van der Waals surface area contributed by atoms with Crippen molar-refractivity contribution in [1.29, 1.82) is 0 Å². The monoisotopic (exact) mass is 292 g/mol. The summed E-state index contributed by atoms with van der Waals surface area (Å²) in [6, 6.07) is 3.80. The first-order valence-corrected chi connectivity index (χ1v) is 6.89. The summed E-state index contributed by atoms with van der Waals surface area (Å²) < 4.78 is 17.9. The average Bonchev–Trinajstić information content (AvgIpc) is 2.96. The van der Waals surface area contributed by atoms with Crippen molar-refractivity contribution in [3.63, 3.8) is 0 Å². The quantitative estimate of drug-likeness (QED) is 0.691. The Kier molecular flexibility index (Phi) is 5.65. The normalized spacial score (nSPS) is 11.0. The Labute approximate surface area is 123 Å². The van der Waals surface area contributed by atoms with Crippen LogP contribution >= 0.6 is 0 Å². The van der Waals surface area contributed by atoms with Crippen LogP contribution < -0.4 is 4.74 Å². The summed E-state index contributed by atoms with van der Waals surface area (Å²) >= 11 is 0. The van der Waals surface area contributed by atoms with E-state index in [9.17, 15) is 0 Å². The molecule has 7 heteroatoms. The summed E-state index contributed by atoms with van der Waals surface area (Å²) in [5.41, 5.74) is 1.59. The van der Waals surface area contributed by atoms with Crippen molar-refractivity contribution in [3.8, 4) is 5.88 Å². The molecule has 0 fully saturated rings. The van der Waals surface area contributed by atoms with Crippen LogP contribution in [0.3, 0.4) is 0 Å². The summed E-state index contributed by atoms with van der Waals surface area (Å²) in [6.07, 6.45) is 3.02. The number of pyridine rings is 1. The summed E-state index contributed by atoms with van der Waals surface area (Å²) in [5.74, 6) is 0.584. The molecule has 0 aliphatic rings. The van der Waals surface area contributed by atoms with Gasteiger partial charge in [0.15, 0.2) is 0 Å². The molecule has 0 unspecified atom stereocenters. The van der Waals surface area contributed by atoms with Crippen LogP contribution in [0.4, 0.5) is 0 Å². The standard InChI is InChI=1S/C14H20N4O3/c1-4-20-14(21-5-2)12-10-18(17-16-12)9-11-7-6-8-15-13(11)19-3/h6-8,10,14H,4-5,9H2,1-3H3. The van der Waals surface area contributed by atoms with Gasteiger partial charge in [-0.25, -0.2) is 9.67 Å². The molecular weight excluding hydrogens is 272 g/mol. The largest absolute Gasteiger partial charge is 0.481 e. The third kappa shape index (κ3) is 3.99. The second kappa shape index (κ2) is 7.70. The molecule has 0 aromatic carbocycles. The number of nitrogens with zero attached hydrogens (tertiary/aromatic N) is 4. The Morgan fingerprint density at radius 1 is 1.24 bits per heavy atom. The molecule has 2 rings (SSSR count). The van der Waals surface area contributed by atoms with Crippen LogP contribution in [-0.4, -0.2) is 40.3 Å². The van der Waals surface area contributed by atoms with Gasteiger partial charge in [0, 0.05) is 25.0 Å². The number of methoxy groups -OCH3 is 1. The molecule has 21 heavy (non-hydrogen) atoms. The van der Waals surface area contributed by atoms with Gasteiger partial charge in [-0.1, -0.05) is 11.3 Å². The van der Waals surface area contributed by atoms with E-state index in [1.54, 1.807) is 18.0 Å². The van der Waals surface area contributed by atoms with Crippen molar-refractivity contribution in [2.75, 3.05) is 20.3 Å². The molecule has 114 valence electrons. The van der Waals surface area contributed by atoms with Crippen molar-refractivity contribution >= 4 is 0 Å². The van der Waals surface area contributed by atoms with E-state index in [4.69, 9.17) is 14.2 Å². The number of hydrogen-bond donors (Lipinski definition) is 0. The van der Waals surface area contributed by atoms with E-state index in [1.807, 2.05) is 32.2 Å². The highest BCUT2D eigenvalue weighted by Crippen LogP contribution is 2.18. The summed E-state index contributed by atoms with van der Waals surface area (Å²) in [4.78, 5) is 4.16. The van der Waals surface area contributed by atoms with E-state index in [-0.39, 0.29) is 0 Å². The van der Waals surface area contributed by atoms with E-state index < -0.39 is 6.29 Å². The van der Waals surface area contributed by atoms with E-state index >= 15 is 0 Å². The predicted molar refractivity (Wildman–Crippen MR) is 75.9 cm³/mol. The maximum atomic E-state index is 5.50. The lowest BCUT2D eigenvalue weighted by molar-refractivity contribution is -0.142. The fourth-order valence-electron chi connectivity index (χ4n) is 1.92. The minimum atomic E-state index is -0.482. The molecule has 0 spiro atoms. The second-order valence-electron chi connectivity index (χ2n) is 4.26. The van der Waals surface area contributed by atoms with Crippen molar-refractivity contribution in [3.05, 3.63) is 35.8 Å². The van der Waals surface area contributed by atoms with E-state index in [0.717, 1.165) is 5.56 Å². The lowest BCUT2D eigenvalue weighted by Gasteiger charge is -2.13. The van der Waals surface area contributed by atoms with Crippen LogP contribution in [-0.2, 0) is 16.0 Å². The van der Waals surface area contributed by atoms with Crippen LogP contribution in [0.15, 0.2) is 24.5 Å². The maximum absolute atomic E-state index is 5.50. The fraction of sp³-hybridized carbons (Fsp3) is 0.500. The zero-order valence-corrected chi connectivity index (χ0v) is 12.5. The van der Waals surface area contributed by atoms with Crippen LogP contribution in [0.2, 0.25) is 0 Å². The molecule has 0 amide bonds. The minimum absolute atomic E-state index is 0.482. The number of hydrogen-bond acceptors (Lipinski definition) is 6. The fourth-order valence-corrected chi connectivity index (χ4v) is 1.92. The zero-order valence-electron chi connectivity index (χ0n) is 12.5. The molecule has 2 heterocycles. The maximum Gasteiger partial charge on any atom is 0.218 e. The van der Waals surface area contributed by atoms with Crippen LogP contribution in [0.1, 0.15) is 31.4 Å². The Hall–Kier alpha value is -1.99. The van der Waals surface area contributed by atoms with E-state index in [2.05, 4.69) is 15.3 Å². The molecule has 2 aromatic rings. The van der Waals surface area contributed by atoms with E-state index in [1.165, 1.54) is 0 Å². The second-order valence-corrected chi connectivity index (χ2v) is 4.26. The van der Waals surface area contributed by atoms with Gasteiger partial charge in [-0.15, -0.1) is 5.10 Å². The van der Waals surface area contributed by atoms with Crippen LogP contribution in [0.25, 0.3) is 0 Å². The van der Waals surface area contributed by atoms with Gasteiger partial charge in [-0.2, -0.15) is 0 Å². The first-order valence-electron chi connectivity index (χ1n) is 6.89. The highest BCUT2D eigenvalue weighted by molar-refractivity contribution is 5.25. The van der Waals surface area contributed by atoms with Crippen LogP contribution in [0, 0.1) is 0 Å². The highest BCUT2D eigenvalue weighted by atomic mass is 16.7. The Morgan fingerprint density at radius 2 is 2.00 bits per heavy atom. The minimum Gasteiger partial charge on any atom is -0.481 e. The summed E-state index contributed by atoms with van der Waals surface area (Å²) in [6.45, 7) is 5.45. The smallest absolute Gasteiger partial charge is 0.218 e. The SMILES string of the molecule is CCOC(OCC)c1cn(Cc2cccnc2OC)nn1. The topological polar surface area (TPSA) is 71.3 Å². The molecule has 0 aliphatic carbocycles. The van der Waals surface area contributed by atoms with Gasteiger partial charge in [0.2, 0.25) is 12.2 Å². The lowest BCUT2D eigenvalue weighted by Crippen LogP contribution is -2.09. The predicted octanol–water partition coefficient (Wildman–Crippen LogP) is 1.80. The van der Waals surface area contributed by atoms with E-state index in [0.29, 0.717) is 31.3 Å². The van der Waals surface area contributed by atoms with Crippen molar-refractivity contribution in [2.24, 2.45) is 0 Å². The molecule has 7 nitrogen and oxygen atoms in total. The van der Waals surface area contributed by atoms with Gasteiger partial charge in [0.05, 0.1) is 19.9 Å². The molecule has 0 saturated carbocycles. The Morgan fingerprint density at radius 3 is 2.67 bits per heavy atom. The third-order valence-electron chi connectivity index (χ3n) is 2.81. The number of ether oxygens (including phenoxy) is 3.